The average molecular weight is 343 g/mol. The Bertz CT molecular complexity index is 681. The molecule has 2 aromatic heterocycles. The SMILES string of the molecule is O=C(NC1CCN(CC2CCCC2)CC1)c1ncoc1-c1ccco1. The fourth-order valence-corrected chi connectivity index (χ4v) is 4.06. The Hall–Kier alpha value is -2.08. The minimum absolute atomic E-state index is 0.186. The molecule has 1 N–H and O–H groups in total. The van der Waals surface area contributed by atoms with E-state index >= 15 is 0 Å². The Morgan fingerprint density at radius 1 is 1.20 bits per heavy atom. The number of likely N-dealkylation sites (tertiary alicyclic amines) is 1. The number of oxazole rings is 1. The maximum Gasteiger partial charge on any atom is 0.274 e. The molecule has 0 atom stereocenters. The first-order valence-corrected chi connectivity index (χ1v) is 9.30. The number of aromatic nitrogens is 1. The van der Waals surface area contributed by atoms with E-state index in [2.05, 4.69) is 15.2 Å². The lowest BCUT2D eigenvalue weighted by molar-refractivity contribution is 0.0901. The van der Waals surface area contributed by atoms with Crippen molar-refractivity contribution in [2.45, 2.75) is 44.6 Å². The van der Waals surface area contributed by atoms with Crippen LogP contribution in [-0.2, 0) is 0 Å². The first-order chi connectivity index (χ1) is 12.3. The predicted octanol–water partition coefficient (Wildman–Crippen LogP) is 3.32. The van der Waals surface area contributed by atoms with Crippen LogP contribution in [0, 0.1) is 5.92 Å². The van der Waals surface area contributed by atoms with E-state index in [1.54, 1.807) is 18.4 Å². The standard InChI is InChI=1S/C19H25N3O3/c23-19(17-18(25-13-20-17)16-6-3-11-24-16)21-15-7-9-22(10-8-15)12-14-4-1-2-5-14/h3,6,11,13-15H,1-2,4-5,7-10,12H2,(H,21,23). The summed E-state index contributed by atoms with van der Waals surface area (Å²) in [5.74, 6) is 1.61. The summed E-state index contributed by atoms with van der Waals surface area (Å²) in [5, 5.41) is 3.11. The summed E-state index contributed by atoms with van der Waals surface area (Å²) in [6.07, 6.45) is 10.4. The second-order valence-corrected chi connectivity index (χ2v) is 7.21. The van der Waals surface area contributed by atoms with E-state index in [0.717, 1.165) is 31.8 Å². The molecule has 0 bridgehead atoms. The molecule has 6 nitrogen and oxygen atoms in total. The molecule has 1 aliphatic heterocycles. The summed E-state index contributed by atoms with van der Waals surface area (Å²) in [4.78, 5) is 19.2. The van der Waals surface area contributed by atoms with Crippen molar-refractivity contribution in [3.8, 4) is 11.5 Å². The Balaban J connectivity index is 1.30. The molecule has 1 amide bonds. The van der Waals surface area contributed by atoms with E-state index in [1.807, 2.05) is 0 Å². The molecule has 0 aromatic carbocycles. The van der Waals surface area contributed by atoms with Crippen LogP contribution in [0.1, 0.15) is 49.0 Å². The van der Waals surface area contributed by atoms with E-state index in [1.165, 1.54) is 38.6 Å². The highest BCUT2D eigenvalue weighted by Gasteiger charge is 2.26. The third-order valence-electron chi connectivity index (χ3n) is 5.44. The van der Waals surface area contributed by atoms with Crippen LogP contribution >= 0.6 is 0 Å². The summed E-state index contributed by atoms with van der Waals surface area (Å²) in [6.45, 7) is 3.35. The molecule has 0 radical (unpaired) electrons. The van der Waals surface area contributed by atoms with E-state index in [9.17, 15) is 4.79 Å². The van der Waals surface area contributed by atoms with Gasteiger partial charge in [0, 0.05) is 25.7 Å². The van der Waals surface area contributed by atoms with Crippen LogP contribution < -0.4 is 5.32 Å². The molecule has 6 heteroatoms. The molecule has 134 valence electrons. The summed E-state index contributed by atoms with van der Waals surface area (Å²) < 4.78 is 10.7. The van der Waals surface area contributed by atoms with Crippen LogP contribution in [0.5, 0.6) is 0 Å². The van der Waals surface area contributed by atoms with Crippen molar-refractivity contribution in [2.24, 2.45) is 5.92 Å². The molecular formula is C19H25N3O3. The number of hydrogen-bond acceptors (Lipinski definition) is 5. The Morgan fingerprint density at radius 3 is 2.72 bits per heavy atom. The van der Waals surface area contributed by atoms with Gasteiger partial charge in [-0.3, -0.25) is 4.79 Å². The number of carbonyl (C=O) groups is 1. The molecule has 0 unspecified atom stereocenters. The monoisotopic (exact) mass is 343 g/mol. The number of nitrogens with one attached hydrogen (secondary N) is 1. The highest BCUT2D eigenvalue weighted by molar-refractivity contribution is 5.97. The summed E-state index contributed by atoms with van der Waals surface area (Å²) in [6, 6.07) is 3.73. The number of amides is 1. The highest BCUT2D eigenvalue weighted by atomic mass is 16.4. The zero-order chi connectivity index (χ0) is 17.1. The van der Waals surface area contributed by atoms with E-state index in [0.29, 0.717) is 17.2 Å². The average Bonchev–Trinajstić information content (AvgIpc) is 3.38. The van der Waals surface area contributed by atoms with E-state index in [4.69, 9.17) is 8.83 Å². The maximum atomic E-state index is 12.6. The van der Waals surface area contributed by atoms with Crippen molar-refractivity contribution < 1.29 is 13.6 Å². The number of nitrogens with zero attached hydrogens (tertiary/aromatic N) is 2. The Morgan fingerprint density at radius 2 is 2.00 bits per heavy atom. The van der Waals surface area contributed by atoms with Crippen LogP contribution in [-0.4, -0.2) is 41.5 Å². The van der Waals surface area contributed by atoms with Gasteiger partial charge >= 0.3 is 0 Å². The quantitative estimate of drug-likeness (QED) is 0.902. The van der Waals surface area contributed by atoms with Crippen molar-refractivity contribution in [1.29, 1.82) is 0 Å². The lowest BCUT2D eigenvalue weighted by Gasteiger charge is -2.33. The highest BCUT2D eigenvalue weighted by Crippen LogP contribution is 2.27. The molecule has 3 heterocycles. The fraction of sp³-hybridized carbons (Fsp3) is 0.579. The molecule has 25 heavy (non-hydrogen) atoms. The number of hydrogen-bond donors (Lipinski definition) is 1. The van der Waals surface area contributed by atoms with E-state index < -0.39 is 0 Å². The third kappa shape index (κ3) is 3.79. The minimum Gasteiger partial charge on any atom is -0.461 e. The first kappa shape index (κ1) is 16.4. The molecule has 1 aliphatic carbocycles. The molecular weight excluding hydrogens is 318 g/mol. The first-order valence-electron chi connectivity index (χ1n) is 9.30. The van der Waals surface area contributed by atoms with Crippen molar-refractivity contribution >= 4 is 5.91 Å². The van der Waals surface area contributed by atoms with Gasteiger partial charge in [-0.15, -0.1) is 0 Å². The Kier molecular flexibility index (Phi) is 4.88. The van der Waals surface area contributed by atoms with Crippen molar-refractivity contribution in [1.82, 2.24) is 15.2 Å². The molecule has 1 saturated heterocycles. The molecule has 0 spiro atoms. The molecule has 1 saturated carbocycles. The largest absolute Gasteiger partial charge is 0.461 e. The van der Waals surface area contributed by atoms with Crippen LogP contribution in [0.4, 0.5) is 0 Å². The molecule has 2 fully saturated rings. The molecule has 2 aliphatic rings. The van der Waals surface area contributed by atoms with Crippen LogP contribution in [0.3, 0.4) is 0 Å². The van der Waals surface area contributed by atoms with E-state index in [-0.39, 0.29) is 11.9 Å². The summed E-state index contributed by atoms with van der Waals surface area (Å²) >= 11 is 0. The van der Waals surface area contributed by atoms with Gasteiger partial charge in [0.1, 0.15) is 0 Å². The van der Waals surface area contributed by atoms with Crippen LogP contribution in [0.25, 0.3) is 11.5 Å². The van der Waals surface area contributed by atoms with Gasteiger partial charge in [0.15, 0.2) is 17.8 Å². The smallest absolute Gasteiger partial charge is 0.274 e. The summed E-state index contributed by atoms with van der Waals surface area (Å²) in [7, 11) is 0. The topological polar surface area (TPSA) is 71.5 Å². The van der Waals surface area contributed by atoms with Gasteiger partial charge < -0.3 is 19.1 Å². The second-order valence-electron chi connectivity index (χ2n) is 7.21. The zero-order valence-electron chi connectivity index (χ0n) is 14.4. The number of furan rings is 1. The van der Waals surface area contributed by atoms with Gasteiger partial charge in [-0.2, -0.15) is 0 Å². The molecule has 2 aromatic rings. The van der Waals surface area contributed by atoms with Crippen molar-refractivity contribution in [3.63, 3.8) is 0 Å². The number of rotatable bonds is 5. The fourth-order valence-electron chi connectivity index (χ4n) is 4.06. The predicted molar refractivity (Wildman–Crippen MR) is 93.1 cm³/mol. The Labute approximate surface area is 147 Å². The molecule has 4 rings (SSSR count). The zero-order valence-corrected chi connectivity index (χ0v) is 14.4. The maximum absolute atomic E-state index is 12.6. The van der Waals surface area contributed by atoms with Gasteiger partial charge in [-0.05, 0) is 43.7 Å². The van der Waals surface area contributed by atoms with Gasteiger partial charge in [-0.25, -0.2) is 4.98 Å². The van der Waals surface area contributed by atoms with Crippen molar-refractivity contribution in [3.05, 3.63) is 30.5 Å². The summed E-state index contributed by atoms with van der Waals surface area (Å²) in [5.41, 5.74) is 0.295. The minimum atomic E-state index is -0.186. The number of carbonyl (C=O) groups excluding carboxylic acids is 1. The third-order valence-corrected chi connectivity index (χ3v) is 5.44. The lowest BCUT2D eigenvalue weighted by Crippen LogP contribution is -2.45. The number of piperidine rings is 1. The normalized spacial score (nSPS) is 20.2. The van der Waals surface area contributed by atoms with Crippen LogP contribution in [0.2, 0.25) is 0 Å². The van der Waals surface area contributed by atoms with Crippen LogP contribution in [0.15, 0.2) is 33.6 Å². The van der Waals surface area contributed by atoms with Gasteiger partial charge in [0.2, 0.25) is 5.76 Å². The van der Waals surface area contributed by atoms with Gasteiger partial charge in [-0.1, -0.05) is 12.8 Å². The van der Waals surface area contributed by atoms with Gasteiger partial charge in [0.25, 0.3) is 5.91 Å². The van der Waals surface area contributed by atoms with Gasteiger partial charge in [0.05, 0.1) is 6.26 Å². The second kappa shape index (κ2) is 7.44. The van der Waals surface area contributed by atoms with Crippen molar-refractivity contribution in [2.75, 3.05) is 19.6 Å². The lowest BCUT2D eigenvalue weighted by atomic mass is 10.0.